The number of hydrogen-bond donors (Lipinski definition) is 1. The van der Waals surface area contributed by atoms with E-state index in [1.54, 1.807) is 4.68 Å². The Hall–Kier alpha value is -2.62. The van der Waals surface area contributed by atoms with Crippen molar-refractivity contribution in [1.82, 2.24) is 35.7 Å². The van der Waals surface area contributed by atoms with E-state index >= 15 is 0 Å². The summed E-state index contributed by atoms with van der Waals surface area (Å²) in [6, 6.07) is 3.83. The maximum absolute atomic E-state index is 12.5. The van der Waals surface area contributed by atoms with Gasteiger partial charge in [-0.25, -0.2) is 4.68 Å². The topological polar surface area (TPSA) is 112 Å². The van der Waals surface area contributed by atoms with E-state index in [9.17, 15) is 4.79 Å². The van der Waals surface area contributed by atoms with E-state index in [1.165, 1.54) is 11.3 Å². The van der Waals surface area contributed by atoms with Gasteiger partial charge in [0.25, 0.3) is 5.89 Å². The first kappa shape index (κ1) is 14.9. The number of nitrogens with one attached hydrogen (secondary N) is 1. The van der Waals surface area contributed by atoms with E-state index in [0.717, 1.165) is 30.7 Å². The van der Waals surface area contributed by atoms with E-state index in [2.05, 4.69) is 31.0 Å². The van der Waals surface area contributed by atoms with Crippen molar-refractivity contribution in [2.45, 2.75) is 38.3 Å². The van der Waals surface area contributed by atoms with Crippen molar-refractivity contribution >= 4 is 17.2 Å². The third-order valence-corrected chi connectivity index (χ3v) is 4.78. The second kappa shape index (κ2) is 6.48. The lowest BCUT2D eigenvalue weighted by atomic mass is 10.0. The van der Waals surface area contributed by atoms with Crippen LogP contribution in [-0.2, 0) is 17.9 Å². The first-order chi connectivity index (χ1) is 11.8. The number of amides is 1. The highest BCUT2D eigenvalue weighted by Crippen LogP contribution is 2.24. The number of hydrogen-bond acceptors (Lipinski definition) is 8. The quantitative estimate of drug-likeness (QED) is 0.760. The van der Waals surface area contributed by atoms with Crippen LogP contribution in [-0.4, -0.2) is 36.3 Å². The predicted molar refractivity (Wildman–Crippen MR) is 83.9 cm³/mol. The fourth-order valence-corrected chi connectivity index (χ4v) is 3.37. The standard InChI is InChI=1S/C14H15N7O2S/c22-13(9-4-1-2-6-21-12(9)17-19-20-21)15-8-11-16-14(23-18-11)10-5-3-7-24-10/h3,5,7,9H,1-2,4,6,8H2,(H,15,22)/t9-/m0/s1. The molecule has 1 N–H and O–H groups in total. The van der Waals surface area contributed by atoms with Gasteiger partial charge in [-0.1, -0.05) is 17.6 Å². The summed E-state index contributed by atoms with van der Waals surface area (Å²) >= 11 is 1.52. The van der Waals surface area contributed by atoms with Gasteiger partial charge in [-0.3, -0.25) is 4.79 Å². The molecule has 124 valence electrons. The van der Waals surface area contributed by atoms with E-state index in [-0.39, 0.29) is 18.4 Å². The molecule has 0 fully saturated rings. The second-order valence-corrected chi connectivity index (χ2v) is 6.47. The van der Waals surface area contributed by atoms with Gasteiger partial charge in [-0.2, -0.15) is 4.98 Å². The molecule has 0 aromatic carbocycles. The molecule has 0 saturated heterocycles. The zero-order valence-corrected chi connectivity index (χ0v) is 13.6. The van der Waals surface area contributed by atoms with Crippen LogP contribution in [0.15, 0.2) is 22.0 Å². The van der Waals surface area contributed by atoms with Gasteiger partial charge in [0.05, 0.1) is 17.3 Å². The Morgan fingerprint density at radius 2 is 2.42 bits per heavy atom. The molecule has 24 heavy (non-hydrogen) atoms. The summed E-state index contributed by atoms with van der Waals surface area (Å²) in [7, 11) is 0. The van der Waals surface area contributed by atoms with Gasteiger partial charge in [0, 0.05) is 6.54 Å². The van der Waals surface area contributed by atoms with Gasteiger partial charge in [0.15, 0.2) is 11.6 Å². The number of rotatable bonds is 4. The number of carbonyl (C=O) groups excluding carboxylic acids is 1. The van der Waals surface area contributed by atoms with Crippen LogP contribution in [0.4, 0.5) is 0 Å². The van der Waals surface area contributed by atoms with E-state index in [4.69, 9.17) is 4.52 Å². The van der Waals surface area contributed by atoms with Crippen molar-refractivity contribution in [2.75, 3.05) is 0 Å². The Bertz CT molecular complexity index is 826. The summed E-state index contributed by atoms with van der Waals surface area (Å²) in [4.78, 5) is 17.7. The van der Waals surface area contributed by atoms with Crippen molar-refractivity contribution in [3.63, 3.8) is 0 Å². The summed E-state index contributed by atoms with van der Waals surface area (Å²) in [5, 5.41) is 20.3. The number of aryl methyl sites for hydroxylation is 1. The number of carbonyl (C=O) groups is 1. The Morgan fingerprint density at radius 1 is 1.46 bits per heavy atom. The zero-order chi connectivity index (χ0) is 16.4. The molecule has 1 aliphatic rings. The maximum Gasteiger partial charge on any atom is 0.268 e. The molecule has 0 unspecified atom stereocenters. The molecule has 10 heteroatoms. The van der Waals surface area contributed by atoms with Crippen LogP contribution in [0.1, 0.15) is 36.8 Å². The first-order valence-electron chi connectivity index (χ1n) is 7.71. The first-order valence-corrected chi connectivity index (χ1v) is 8.59. The molecular formula is C14H15N7O2S. The highest BCUT2D eigenvalue weighted by atomic mass is 32.1. The van der Waals surface area contributed by atoms with Crippen LogP contribution >= 0.6 is 11.3 Å². The summed E-state index contributed by atoms with van der Waals surface area (Å²) in [6.07, 6.45) is 2.66. The highest BCUT2D eigenvalue weighted by molar-refractivity contribution is 7.13. The van der Waals surface area contributed by atoms with Crippen molar-refractivity contribution in [3.8, 4) is 10.8 Å². The molecule has 3 aromatic rings. The van der Waals surface area contributed by atoms with E-state index < -0.39 is 0 Å². The lowest BCUT2D eigenvalue weighted by Gasteiger charge is -2.12. The SMILES string of the molecule is O=C(NCc1noc(-c2cccs2)n1)[C@H]1CCCCn2nnnc21. The van der Waals surface area contributed by atoms with Crippen LogP contribution in [0, 0.1) is 0 Å². The average Bonchev–Trinajstić information content (AvgIpc) is 3.32. The summed E-state index contributed by atoms with van der Waals surface area (Å²) in [5.41, 5.74) is 0. The molecule has 0 bridgehead atoms. The summed E-state index contributed by atoms with van der Waals surface area (Å²) < 4.78 is 6.92. The third kappa shape index (κ3) is 2.92. The van der Waals surface area contributed by atoms with Gasteiger partial charge >= 0.3 is 0 Å². The van der Waals surface area contributed by atoms with Gasteiger partial charge in [-0.05, 0) is 34.7 Å². The normalized spacial score (nSPS) is 17.2. The monoisotopic (exact) mass is 345 g/mol. The van der Waals surface area contributed by atoms with Crippen LogP contribution in [0.3, 0.4) is 0 Å². The Balaban J connectivity index is 1.42. The van der Waals surface area contributed by atoms with Crippen LogP contribution < -0.4 is 5.32 Å². The molecule has 4 rings (SSSR count). The Labute approximate surface area is 141 Å². The molecule has 0 radical (unpaired) electrons. The molecule has 0 saturated carbocycles. The minimum Gasteiger partial charge on any atom is -0.348 e. The van der Waals surface area contributed by atoms with Crippen LogP contribution in [0.25, 0.3) is 10.8 Å². The summed E-state index contributed by atoms with van der Waals surface area (Å²) in [5.74, 6) is 1.08. The molecule has 4 heterocycles. The van der Waals surface area contributed by atoms with Crippen molar-refractivity contribution in [1.29, 1.82) is 0 Å². The van der Waals surface area contributed by atoms with Gasteiger partial charge in [0.2, 0.25) is 5.91 Å². The molecule has 1 aliphatic heterocycles. The van der Waals surface area contributed by atoms with Crippen LogP contribution in [0.2, 0.25) is 0 Å². The van der Waals surface area contributed by atoms with E-state index in [0.29, 0.717) is 17.5 Å². The molecule has 9 nitrogen and oxygen atoms in total. The molecule has 0 spiro atoms. The smallest absolute Gasteiger partial charge is 0.268 e. The number of fused-ring (bicyclic) bond motifs is 1. The van der Waals surface area contributed by atoms with Gasteiger partial charge < -0.3 is 9.84 Å². The number of thiophene rings is 1. The number of aromatic nitrogens is 6. The molecule has 0 aliphatic carbocycles. The predicted octanol–water partition coefficient (Wildman–Crippen LogP) is 1.37. The minimum absolute atomic E-state index is 0.115. The van der Waals surface area contributed by atoms with Crippen molar-refractivity contribution < 1.29 is 9.32 Å². The number of nitrogens with zero attached hydrogens (tertiary/aromatic N) is 6. The molecule has 1 atom stereocenters. The van der Waals surface area contributed by atoms with Gasteiger partial charge in [0.1, 0.15) is 0 Å². The highest BCUT2D eigenvalue weighted by Gasteiger charge is 2.28. The summed E-state index contributed by atoms with van der Waals surface area (Å²) in [6.45, 7) is 0.965. The lowest BCUT2D eigenvalue weighted by Crippen LogP contribution is -2.30. The van der Waals surface area contributed by atoms with Crippen molar-refractivity contribution in [2.24, 2.45) is 0 Å². The Morgan fingerprint density at radius 3 is 3.29 bits per heavy atom. The van der Waals surface area contributed by atoms with Crippen molar-refractivity contribution in [3.05, 3.63) is 29.2 Å². The van der Waals surface area contributed by atoms with E-state index in [1.807, 2.05) is 17.5 Å². The molecular weight excluding hydrogens is 330 g/mol. The third-order valence-electron chi connectivity index (χ3n) is 3.92. The minimum atomic E-state index is -0.342. The fourth-order valence-electron chi connectivity index (χ4n) is 2.72. The largest absolute Gasteiger partial charge is 0.348 e. The maximum atomic E-state index is 12.5. The molecule has 1 amide bonds. The Kier molecular flexibility index (Phi) is 4.03. The van der Waals surface area contributed by atoms with Crippen LogP contribution in [0.5, 0.6) is 0 Å². The average molecular weight is 345 g/mol. The molecule has 3 aromatic heterocycles. The second-order valence-electron chi connectivity index (χ2n) is 5.52. The number of tetrazole rings is 1. The fraction of sp³-hybridized carbons (Fsp3) is 0.429. The lowest BCUT2D eigenvalue weighted by molar-refractivity contribution is -0.123. The zero-order valence-electron chi connectivity index (χ0n) is 12.8. The van der Waals surface area contributed by atoms with Gasteiger partial charge in [-0.15, -0.1) is 16.4 Å².